The fraction of sp³-hybridized carbons (Fsp3) is 0.143. The summed E-state index contributed by atoms with van der Waals surface area (Å²) in [6.45, 7) is 0.322. The van der Waals surface area contributed by atoms with Crippen LogP contribution in [0, 0.1) is 5.82 Å². The Balaban J connectivity index is 2.25. The Labute approximate surface area is 122 Å². The molecule has 112 valence electrons. The predicted octanol–water partition coefficient (Wildman–Crippen LogP) is 2.09. The Morgan fingerprint density at radius 1 is 1.24 bits per heavy atom. The van der Waals surface area contributed by atoms with Crippen LogP contribution < -0.4 is 15.2 Å². The lowest BCUT2D eigenvalue weighted by Gasteiger charge is -2.12. The number of rotatable bonds is 5. The third-order valence-corrected chi connectivity index (χ3v) is 3.78. The Morgan fingerprint density at radius 3 is 2.62 bits per heavy atom. The topological polar surface area (TPSA) is 81.4 Å². The predicted molar refractivity (Wildman–Crippen MR) is 78.1 cm³/mol. The van der Waals surface area contributed by atoms with E-state index in [4.69, 9.17) is 9.88 Å². The highest BCUT2D eigenvalue weighted by Gasteiger charge is 2.12. The summed E-state index contributed by atoms with van der Waals surface area (Å²) in [5, 5.41) is 8.11. The lowest BCUT2D eigenvalue weighted by atomic mass is 10.2. The molecule has 0 unspecified atom stereocenters. The summed E-state index contributed by atoms with van der Waals surface area (Å²) >= 11 is 0. The van der Waals surface area contributed by atoms with E-state index in [2.05, 4.69) is 5.32 Å². The Bertz CT molecular complexity index is 748. The maximum atomic E-state index is 13.1. The Kier molecular flexibility index (Phi) is 4.44. The van der Waals surface area contributed by atoms with Gasteiger partial charge in [-0.2, -0.15) is 0 Å². The van der Waals surface area contributed by atoms with Gasteiger partial charge in [0.25, 0.3) is 0 Å². The molecule has 3 N–H and O–H groups in total. The van der Waals surface area contributed by atoms with Gasteiger partial charge in [0.05, 0.1) is 17.7 Å². The molecular formula is C14H15FN2O3S. The molecule has 0 saturated carbocycles. The minimum absolute atomic E-state index is 0.0231. The van der Waals surface area contributed by atoms with Crippen molar-refractivity contribution in [2.24, 2.45) is 5.14 Å². The first kappa shape index (κ1) is 15.3. The molecule has 2 aromatic rings. The number of ether oxygens (including phenoxy) is 1. The summed E-state index contributed by atoms with van der Waals surface area (Å²) in [5.74, 6) is 0.137. The van der Waals surface area contributed by atoms with Gasteiger partial charge < -0.3 is 10.1 Å². The van der Waals surface area contributed by atoms with E-state index in [0.717, 1.165) is 5.56 Å². The van der Waals surface area contributed by atoms with Gasteiger partial charge in [0.1, 0.15) is 11.6 Å². The molecule has 0 fully saturated rings. The average molecular weight is 310 g/mol. The first-order chi connectivity index (χ1) is 9.90. The second-order valence-corrected chi connectivity index (χ2v) is 5.95. The van der Waals surface area contributed by atoms with Crippen molar-refractivity contribution in [3.8, 4) is 5.75 Å². The molecule has 0 aliphatic carbocycles. The first-order valence-electron chi connectivity index (χ1n) is 6.09. The highest BCUT2D eigenvalue weighted by Crippen LogP contribution is 2.27. The van der Waals surface area contributed by atoms with E-state index >= 15 is 0 Å². The third-order valence-electron chi connectivity index (χ3n) is 2.87. The van der Waals surface area contributed by atoms with E-state index in [1.54, 1.807) is 12.1 Å². The molecular weight excluding hydrogens is 295 g/mol. The number of hydrogen-bond donors (Lipinski definition) is 2. The molecule has 0 radical (unpaired) electrons. The molecule has 0 amide bonds. The number of halogens is 1. The number of hydrogen-bond acceptors (Lipinski definition) is 4. The van der Waals surface area contributed by atoms with Gasteiger partial charge in [-0.1, -0.05) is 12.1 Å². The van der Waals surface area contributed by atoms with E-state index in [9.17, 15) is 12.8 Å². The molecule has 5 nitrogen and oxygen atoms in total. The van der Waals surface area contributed by atoms with Crippen molar-refractivity contribution < 1.29 is 17.5 Å². The van der Waals surface area contributed by atoms with Crippen molar-refractivity contribution in [1.82, 2.24) is 0 Å². The van der Waals surface area contributed by atoms with Gasteiger partial charge in [-0.15, -0.1) is 0 Å². The molecule has 0 bridgehead atoms. The van der Waals surface area contributed by atoms with Crippen molar-refractivity contribution in [3.63, 3.8) is 0 Å². The SMILES string of the molecule is COc1ccc(S(N)(=O)=O)cc1NCc1cccc(F)c1. The van der Waals surface area contributed by atoms with E-state index in [-0.39, 0.29) is 10.7 Å². The lowest BCUT2D eigenvalue weighted by molar-refractivity contribution is 0.416. The molecule has 0 heterocycles. The minimum Gasteiger partial charge on any atom is -0.495 e. The van der Waals surface area contributed by atoms with Crippen LogP contribution >= 0.6 is 0 Å². The molecule has 0 aliphatic heterocycles. The van der Waals surface area contributed by atoms with Crippen molar-refractivity contribution >= 4 is 15.7 Å². The second-order valence-electron chi connectivity index (χ2n) is 4.39. The van der Waals surface area contributed by atoms with Crippen molar-refractivity contribution in [1.29, 1.82) is 0 Å². The van der Waals surface area contributed by atoms with Crippen LogP contribution in [0.15, 0.2) is 47.4 Å². The summed E-state index contributed by atoms with van der Waals surface area (Å²) in [4.78, 5) is -0.0231. The zero-order valence-electron chi connectivity index (χ0n) is 11.3. The first-order valence-corrected chi connectivity index (χ1v) is 7.64. The van der Waals surface area contributed by atoms with Gasteiger partial charge >= 0.3 is 0 Å². The molecule has 0 saturated heterocycles. The molecule has 21 heavy (non-hydrogen) atoms. The number of anilines is 1. The average Bonchev–Trinajstić information content (AvgIpc) is 2.44. The van der Waals surface area contributed by atoms with Gasteiger partial charge in [-0.05, 0) is 35.9 Å². The number of primary sulfonamides is 1. The highest BCUT2D eigenvalue weighted by molar-refractivity contribution is 7.89. The monoisotopic (exact) mass is 310 g/mol. The van der Waals surface area contributed by atoms with Crippen LogP contribution in [0.4, 0.5) is 10.1 Å². The van der Waals surface area contributed by atoms with Crippen molar-refractivity contribution in [2.45, 2.75) is 11.4 Å². The number of methoxy groups -OCH3 is 1. The van der Waals surface area contributed by atoms with Crippen LogP contribution in [-0.4, -0.2) is 15.5 Å². The molecule has 0 atom stereocenters. The molecule has 2 rings (SSSR count). The van der Waals surface area contributed by atoms with Gasteiger partial charge in [0.15, 0.2) is 0 Å². The Morgan fingerprint density at radius 2 is 2.00 bits per heavy atom. The maximum Gasteiger partial charge on any atom is 0.238 e. The molecule has 7 heteroatoms. The minimum atomic E-state index is -3.80. The largest absolute Gasteiger partial charge is 0.495 e. The van der Waals surface area contributed by atoms with E-state index in [1.165, 1.54) is 37.4 Å². The van der Waals surface area contributed by atoms with Crippen LogP contribution in [0.1, 0.15) is 5.56 Å². The van der Waals surface area contributed by atoms with E-state index in [0.29, 0.717) is 18.0 Å². The smallest absolute Gasteiger partial charge is 0.238 e. The molecule has 0 aromatic heterocycles. The zero-order chi connectivity index (χ0) is 15.5. The van der Waals surface area contributed by atoms with Gasteiger partial charge in [0.2, 0.25) is 10.0 Å². The number of nitrogens with one attached hydrogen (secondary N) is 1. The number of nitrogens with two attached hydrogens (primary N) is 1. The second kappa shape index (κ2) is 6.11. The third kappa shape index (κ3) is 3.93. The quantitative estimate of drug-likeness (QED) is 0.886. The van der Waals surface area contributed by atoms with E-state index < -0.39 is 10.0 Å². The van der Waals surface area contributed by atoms with Crippen LogP contribution in [0.25, 0.3) is 0 Å². The van der Waals surface area contributed by atoms with Crippen molar-refractivity contribution in [3.05, 3.63) is 53.8 Å². The normalized spacial score (nSPS) is 11.2. The van der Waals surface area contributed by atoms with Crippen LogP contribution in [-0.2, 0) is 16.6 Å². The summed E-state index contributed by atoms with van der Waals surface area (Å²) in [5.41, 5.74) is 1.19. The highest BCUT2D eigenvalue weighted by atomic mass is 32.2. The molecule has 0 spiro atoms. The zero-order valence-corrected chi connectivity index (χ0v) is 12.2. The number of benzene rings is 2. The number of sulfonamides is 1. The van der Waals surface area contributed by atoms with Gasteiger partial charge in [0, 0.05) is 6.54 Å². The maximum absolute atomic E-state index is 13.1. The summed E-state index contributed by atoms with van der Waals surface area (Å²) < 4.78 is 41.0. The van der Waals surface area contributed by atoms with Gasteiger partial charge in [-0.25, -0.2) is 17.9 Å². The molecule has 0 aliphatic rings. The fourth-order valence-electron chi connectivity index (χ4n) is 1.85. The van der Waals surface area contributed by atoms with E-state index in [1.807, 2.05) is 0 Å². The Hall–Kier alpha value is -2.12. The summed E-state index contributed by atoms with van der Waals surface area (Å²) in [7, 11) is -2.32. The van der Waals surface area contributed by atoms with Crippen molar-refractivity contribution in [2.75, 3.05) is 12.4 Å². The lowest BCUT2D eigenvalue weighted by Crippen LogP contribution is -2.13. The summed E-state index contributed by atoms with van der Waals surface area (Å²) in [6.07, 6.45) is 0. The standard InChI is InChI=1S/C14H15FN2O3S/c1-20-14-6-5-12(21(16,18)19)8-13(14)17-9-10-3-2-4-11(15)7-10/h2-8,17H,9H2,1H3,(H2,16,18,19). The molecule has 2 aromatic carbocycles. The fourth-order valence-corrected chi connectivity index (χ4v) is 2.39. The van der Waals surface area contributed by atoms with Crippen LogP contribution in [0.5, 0.6) is 5.75 Å². The van der Waals surface area contributed by atoms with Gasteiger partial charge in [-0.3, -0.25) is 0 Å². The summed E-state index contributed by atoms with van der Waals surface area (Å²) in [6, 6.07) is 10.4. The van der Waals surface area contributed by atoms with Crippen LogP contribution in [0.3, 0.4) is 0 Å². The van der Waals surface area contributed by atoms with Crippen LogP contribution in [0.2, 0.25) is 0 Å².